The van der Waals surface area contributed by atoms with Gasteiger partial charge in [-0.1, -0.05) is 154 Å². The van der Waals surface area contributed by atoms with E-state index in [2.05, 4.69) is 58.6 Å². The van der Waals surface area contributed by atoms with Crippen LogP contribution in [0.5, 0.6) is 0 Å². The Morgan fingerprint density at radius 2 is 0.882 bits per heavy atom. The topological polar surface area (TPSA) is 0 Å². The Morgan fingerprint density at radius 1 is 0.529 bits per heavy atom. The molecule has 0 bridgehead atoms. The summed E-state index contributed by atoms with van der Waals surface area (Å²) < 4.78 is 0. The van der Waals surface area contributed by atoms with Crippen molar-refractivity contribution in [1.29, 1.82) is 0 Å². The van der Waals surface area contributed by atoms with E-state index in [1.807, 2.05) is 0 Å². The summed E-state index contributed by atoms with van der Waals surface area (Å²) in [5.41, 5.74) is 1.51. The Hall–Kier alpha value is -0.780. The lowest BCUT2D eigenvalue weighted by Crippen LogP contribution is -1.93. The van der Waals surface area contributed by atoms with Crippen LogP contribution >= 0.6 is 0 Å². The van der Waals surface area contributed by atoms with E-state index in [1.54, 1.807) is 0 Å². The standard InChI is InChI=1S/C34H64/c1-6-8-10-20-26-32(3)28-22-16-12-14-18-24-30-34(5)31-25-19-15-13-17-23-29-33(4)27-21-11-9-7-2/h10-11,20-21,32-33H,5-9,12-19,22-31H2,1-4H3/b20-10+,21-11+. The Kier molecular flexibility index (Phi) is 26.2. The molecular weight excluding hydrogens is 408 g/mol. The van der Waals surface area contributed by atoms with Gasteiger partial charge in [-0.3, -0.25) is 0 Å². The van der Waals surface area contributed by atoms with Gasteiger partial charge in [0, 0.05) is 0 Å². The maximum atomic E-state index is 4.35. The number of allylic oxidation sites excluding steroid dienone is 5. The lowest BCUT2D eigenvalue weighted by Gasteiger charge is -2.09. The van der Waals surface area contributed by atoms with Gasteiger partial charge in [0.2, 0.25) is 0 Å². The van der Waals surface area contributed by atoms with Gasteiger partial charge in [-0.15, -0.1) is 0 Å². The van der Waals surface area contributed by atoms with Crippen LogP contribution in [0.15, 0.2) is 36.5 Å². The van der Waals surface area contributed by atoms with Gasteiger partial charge in [0.05, 0.1) is 0 Å². The lowest BCUT2D eigenvalue weighted by molar-refractivity contribution is 0.483. The van der Waals surface area contributed by atoms with E-state index in [1.165, 1.54) is 147 Å². The van der Waals surface area contributed by atoms with E-state index in [0.717, 1.165) is 11.8 Å². The molecule has 0 aliphatic heterocycles. The van der Waals surface area contributed by atoms with Crippen molar-refractivity contribution in [2.45, 2.75) is 169 Å². The van der Waals surface area contributed by atoms with Crippen LogP contribution < -0.4 is 0 Å². The average molecular weight is 473 g/mol. The van der Waals surface area contributed by atoms with Crippen LogP contribution in [-0.4, -0.2) is 0 Å². The number of hydrogen-bond donors (Lipinski definition) is 0. The molecule has 0 heteroatoms. The predicted octanol–water partition coefficient (Wildman–Crippen LogP) is 12.5. The second kappa shape index (κ2) is 26.8. The number of hydrogen-bond acceptors (Lipinski definition) is 0. The van der Waals surface area contributed by atoms with Crippen molar-refractivity contribution in [3.05, 3.63) is 36.5 Å². The first-order valence-corrected chi connectivity index (χ1v) is 15.6. The van der Waals surface area contributed by atoms with E-state index < -0.39 is 0 Å². The van der Waals surface area contributed by atoms with Gasteiger partial charge in [-0.2, -0.15) is 0 Å². The highest BCUT2D eigenvalue weighted by atomic mass is 14.1. The van der Waals surface area contributed by atoms with Gasteiger partial charge in [-0.25, -0.2) is 0 Å². The molecule has 0 saturated carbocycles. The summed E-state index contributed by atoms with van der Waals surface area (Å²) in [5.74, 6) is 1.73. The van der Waals surface area contributed by atoms with Crippen molar-refractivity contribution >= 4 is 0 Å². The van der Waals surface area contributed by atoms with Crippen molar-refractivity contribution in [1.82, 2.24) is 0 Å². The molecule has 0 N–H and O–H groups in total. The van der Waals surface area contributed by atoms with E-state index in [9.17, 15) is 0 Å². The minimum absolute atomic E-state index is 0.864. The summed E-state index contributed by atoms with van der Waals surface area (Å²) in [6.07, 6.45) is 39.4. The van der Waals surface area contributed by atoms with Crippen LogP contribution in [0, 0.1) is 11.8 Å². The quantitative estimate of drug-likeness (QED) is 0.0867. The van der Waals surface area contributed by atoms with E-state index in [-0.39, 0.29) is 0 Å². The van der Waals surface area contributed by atoms with Crippen molar-refractivity contribution < 1.29 is 0 Å². The zero-order valence-electron chi connectivity index (χ0n) is 24.2. The minimum Gasteiger partial charge on any atom is -0.0999 e. The van der Waals surface area contributed by atoms with Gasteiger partial charge in [0.15, 0.2) is 0 Å². The Bertz CT molecular complexity index is 426. The summed E-state index contributed by atoms with van der Waals surface area (Å²) >= 11 is 0. The molecule has 0 rings (SSSR count). The molecule has 0 aliphatic carbocycles. The Morgan fingerprint density at radius 3 is 1.26 bits per heavy atom. The predicted molar refractivity (Wildman–Crippen MR) is 159 cm³/mol. The van der Waals surface area contributed by atoms with Crippen LogP contribution in [0.1, 0.15) is 169 Å². The normalized spacial score (nSPS) is 13.8. The summed E-state index contributed by atoms with van der Waals surface area (Å²) in [4.78, 5) is 0. The van der Waals surface area contributed by atoms with Crippen molar-refractivity contribution in [2.24, 2.45) is 11.8 Å². The molecule has 34 heavy (non-hydrogen) atoms. The Labute approximate surface area is 217 Å². The van der Waals surface area contributed by atoms with E-state index >= 15 is 0 Å². The average Bonchev–Trinajstić information content (AvgIpc) is 2.83. The molecule has 200 valence electrons. The fourth-order valence-corrected chi connectivity index (χ4v) is 4.74. The van der Waals surface area contributed by atoms with Gasteiger partial charge in [0.25, 0.3) is 0 Å². The third-order valence-electron chi connectivity index (χ3n) is 7.28. The minimum atomic E-state index is 0.864. The largest absolute Gasteiger partial charge is 0.0999 e. The number of unbranched alkanes of at least 4 members (excludes halogenated alkanes) is 12. The molecule has 0 radical (unpaired) electrons. The molecular formula is C34H64. The molecule has 0 aromatic heterocycles. The molecule has 2 atom stereocenters. The van der Waals surface area contributed by atoms with E-state index in [4.69, 9.17) is 0 Å². The van der Waals surface area contributed by atoms with Gasteiger partial charge in [0.1, 0.15) is 0 Å². The zero-order chi connectivity index (χ0) is 25.1. The summed E-state index contributed by atoms with van der Waals surface area (Å²) in [7, 11) is 0. The van der Waals surface area contributed by atoms with Gasteiger partial charge in [-0.05, 0) is 63.2 Å². The highest BCUT2D eigenvalue weighted by Crippen LogP contribution is 2.19. The summed E-state index contributed by atoms with van der Waals surface area (Å²) in [5, 5.41) is 0. The lowest BCUT2D eigenvalue weighted by atomic mass is 9.97. The first-order chi connectivity index (χ1) is 16.6. The maximum absolute atomic E-state index is 4.35. The van der Waals surface area contributed by atoms with Crippen molar-refractivity contribution in [2.75, 3.05) is 0 Å². The smallest absolute Gasteiger partial charge is 0.0323 e. The third-order valence-corrected chi connectivity index (χ3v) is 7.28. The molecule has 0 aromatic rings. The fraction of sp³-hybridized carbons (Fsp3) is 0.824. The molecule has 0 saturated heterocycles. The van der Waals surface area contributed by atoms with Gasteiger partial charge >= 0.3 is 0 Å². The van der Waals surface area contributed by atoms with E-state index in [0.29, 0.717) is 0 Å². The highest BCUT2D eigenvalue weighted by molar-refractivity contribution is 4.93. The van der Waals surface area contributed by atoms with Crippen LogP contribution in [0.25, 0.3) is 0 Å². The molecule has 0 aromatic carbocycles. The summed E-state index contributed by atoms with van der Waals surface area (Å²) in [6.45, 7) is 13.7. The molecule has 0 spiro atoms. The molecule has 0 fully saturated rings. The molecule has 0 aliphatic rings. The van der Waals surface area contributed by atoms with Crippen molar-refractivity contribution in [3.8, 4) is 0 Å². The van der Waals surface area contributed by atoms with Crippen molar-refractivity contribution in [3.63, 3.8) is 0 Å². The Balaban J connectivity index is 3.35. The van der Waals surface area contributed by atoms with Crippen LogP contribution in [0.2, 0.25) is 0 Å². The van der Waals surface area contributed by atoms with Crippen LogP contribution in [0.3, 0.4) is 0 Å². The summed E-state index contributed by atoms with van der Waals surface area (Å²) in [6, 6.07) is 0. The fourth-order valence-electron chi connectivity index (χ4n) is 4.74. The highest BCUT2D eigenvalue weighted by Gasteiger charge is 2.02. The SMILES string of the molecule is C=C(CCCCCCCCC(C)C/C=C/CCC)CCCCCCCCC(C)C/C=C/CCC. The molecule has 0 nitrogen and oxygen atoms in total. The van der Waals surface area contributed by atoms with Gasteiger partial charge < -0.3 is 0 Å². The molecule has 2 unspecified atom stereocenters. The number of rotatable bonds is 26. The monoisotopic (exact) mass is 473 g/mol. The third kappa shape index (κ3) is 25.8. The molecule has 0 heterocycles. The van der Waals surface area contributed by atoms with Crippen LogP contribution in [0.4, 0.5) is 0 Å². The second-order valence-electron chi connectivity index (χ2n) is 11.3. The maximum Gasteiger partial charge on any atom is -0.0323 e. The first kappa shape index (κ1) is 33.2. The molecule has 0 amide bonds. The zero-order valence-corrected chi connectivity index (χ0v) is 24.2. The first-order valence-electron chi connectivity index (χ1n) is 15.6. The second-order valence-corrected chi connectivity index (χ2v) is 11.3. The van der Waals surface area contributed by atoms with Crippen LogP contribution in [-0.2, 0) is 0 Å².